The van der Waals surface area contributed by atoms with Crippen molar-refractivity contribution < 1.29 is 53.1 Å². The number of rotatable bonds is 10. The standard InChI is InChI=1S/C47H66N2O11/c1-25(2)12-18-43(4)35-34(52)36(53)44(5)33(46(35)23-57-41(55)45(40(46)60-43)15-6-7-16-45)13-17-42(3)37(58-39(54)38-47(42,44)59-38)28-14-19-56-32(28)20-29(31(51)22-50)26-8-10-27(11-9-26)30-21-48-24-49-30/h8,10,14,19,25-27,29-31,33,35-38,40,48-51,53H,6-7,9,11-13,15-18,20-24H2,1-5H3. The number of carbonyl (C=O) groups excluding carboxylic acids is 3. The summed E-state index contributed by atoms with van der Waals surface area (Å²) in [6.45, 7) is 11.7. The summed E-state index contributed by atoms with van der Waals surface area (Å²) in [4.78, 5) is 43.7. The lowest BCUT2D eigenvalue weighted by Gasteiger charge is -2.67. The Labute approximate surface area is 353 Å². The second-order valence-corrected chi connectivity index (χ2v) is 21.5. The fraction of sp³-hybridized carbons (Fsp3) is 0.809. The van der Waals surface area contributed by atoms with E-state index < -0.39 is 81.9 Å². The third kappa shape index (κ3) is 5.32. The van der Waals surface area contributed by atoms with Crippen LogP contribution in [0.2, 0.25) is 0 Å². The number of furan rings is 1. The number of ether oxygens (including phenoxy) is 4. The monoisotopic (exact) mass is 834 g/mol. The van der Waals surface area contributed by atoms with Gasteiger partial charge in [-0.05, 0) is 88.0 Å². The summed E-state index contributed by atoms with van der Waals surface area (Å²) in [5.74, 6) is -1.25. The summed E-state index contributed by atoms with van der Waals surface area (Å²) in [7, 11) is 0. The predicted molar refractivity (Wildman–Crippen MR) is 216 cm³/mol. The van der Waals surface area contributed by atoms with E-state index in [4.69, 9.17) is 23.4 Å². The molecular weight excluding hydrogens is 769 g/mol. The van der Waals surface area contributed by atoms with Gasteiger partial charge in [-0.15, -0.1) is 0 Å². The highest BCUT2D eigenvalue weighted by atomic mass is 16.7. The third-order valence-corrected chi connectivity index (χ3v) is 18.4. The van der Waals surface area contributed by atoms with E-state index in [1.807, 2.05) is 19.9 Å². The van der Waals surface area contributed by atoms with Crippen LogP contribution in [0.1, 0.15) is 116 Å². The number of carbonyl (C=O) groups is 3. The average molecular weight is 835 g/mol. The smallest absolute Gasteiger partial charge is 0.339 e. The minimum absolute atomic E-state index is 0.00630. The first-order valence-corrected chi connectivity index (χ1v) is 23.1. The summed E-state index contributed by atoms with van der Waals surface area (Å²) in [6, 6.07) is 2.20. The molecule has 0 amide bonds. The number of epoxide rings is 1. The molecule has 8 fully saturated rings. The number of Topliss-reactive ketones (excluding diaryl/α,β-unsaturated/α-hetero) is 1. The average Bonchev–Trinajstić information content (AvgIpc) is 3.72. The molecule has 330 valence electrons. The Morgan fingerprint density at radius 1 is 0.983 bits per heavy atom. The molecule has 5 saturated heterocycles. The zero-order valence-electron chi connectivity index (χ0n) is 36.0. The first-order chi connectivity index (χ1) is 28.6. The van der Waals surface area contributed by atoms with Gasteiger partial charge in [0.05, 0.1) is 42.0 Å². The molecule has 13 nitrogen and oxygen atoms in total. The molecule has 1 aromatic heterocycles. The molecule has 16 unspecified atom stereocenters. The van der Waals surface area contributed by atoms with Crippen LogP contribution in [0.4, 0.5) is 0 Å². The lowest BCUT2D eigenvalue weighted by Crippen LogP contribution is -2.77. The number of aliphatic hydroxyl groups excluding tert-OH is 3. The first kappa shape index (κ1) is 41.4. The van der Waals surface area contributed by atoms with E-state index in [1.54, 1.807) is 6.26 Å². The number of esters is 2. The molecule has 0 aromatic carbocycles. The summed E-state index contributed by atoms with van der Waals surface area (Å²) in [5.41, 5.74) is -5.52. The van der Waals surface area contributed by atoms with Crippen LogP contribution in [0.5, 0.6) is 0 Å². The van der Waals surface area contributed by atoms with Crippen LogP contribution in [0, 0.1) is 57.2 Å². The van der Waals surface area contributed by atoms with E-state index in [-0.39, 0.29) is 36.1 Å². The number of hydrogen-bond acceptors (Lipinski definition) is 13. The molecule has 0 radical (unpaired) electrons. The van der Waals surface area contributed by atoms with Gasteiger partial charge in [0.2, 0.25) is 0 Å². The molecule has 1 aromatic rings. The molecule has 3 saturated carbocycles. The van der Waals surface area contributed by atoms with Crippen molar-refractivity contribution in [2.75, 3.05) is 26.4 Å². The molecule has 10 rings (SSSR count). The quantitative estimate of drug-likeness (QED) is 0.128. The molecule has 5 aliphatic heterocycles. The minimum atomic E-state index is -1.47. The molecule has 13 heteroatoms. The van der Waals surface area contributed by atoms with Crippen LogP contribution in [-0.4, -0.2) is 101 Å². The van der Waals surface area contributed by atoms with Crippen molar-refractivity contribution in [2.45, 2.75) is 153 Å². The van der Waals surface area contributed by atoms with E-state index in [0.717, 1.165) is 45.3 Å². The van der Waals surface area contributed by atoms with Gasteiger partial charge >= 0.3 is 11.9 Å². The Kier molecular flexibility index (Phi) is 9.77. The number of hydrogen-bond donors (Lipinski definition) is 5. The maximum Gasteiger partial charge on any atom is 0.339 e. The molecule has 5 N–H and O–H groups in total. The maximum absolute atomic E-state index is 15.4. The number of allylic oxidation sites excluding steroid dienone is 1. The molecule has 6 heterocycles. The first-order valence-electron chi connectivity index (χ1n) is 23.1. The summed E-state index contributed by atoms with van der Waals surface area (Å²) < 4.78 is 33.0. The summed E-state index contributed by atoms with van der Waals surface area (Å²) in [6.07, 6.45) is 8.75. The highest BCUT2D eigenvalue weighted by molar-refractivity contribution is 5.92. The van der Waals surface area contributed by atoms with Crippen molar-refractivity contribution in [3.05, 3.63) is 35.8 Å². The molecule has 0 bridgehead atoms. The Balaban J connectivity index is 1.02. The number of nitrogens with one attached hydrogen (secondary N) is 2. The molecule has 3 spiro atoms. The van der Waals surface area contributed by atoms with E-state index >= 15 is 4.79 Å². The number of fused-ring (bicyclic) bond motifs is 2. The largest absolute Gasteiger partial charge is 0.469 e. The van der Waals surface area contributed by atoms with Gasteiger partial charge in [-0.2, -0.15) is 0 Å². The topological polar surface area (TPSA) is 189 Å². The van der Waals surface area contributed by atoms with Crippen molar-refractivity contribution in [1.82, 2.24) is 10.6 Å². The van der Waals surface area contributed by atoms with Gasteiger partial charge in [-0.1, -0.05) is 52.7 Å². The lowest BCUT2D eigenvalue weighted by atomic mass is 9.35. The van der Waals surface area contributed by atoms with Crippen molar-refractivity contribution in [3.63, 3.8) is 0 Å². The fourth-order valence-electron chi connectivity index (χ4n) is 15.5. The van der Waals surface area contributed by atoms with Crippen molar-refractivity contribution >= 4 is 17.7 Å². The van der Waals surface area contributed by atoms with Crippen LogP contribution < -0.4 is 10.6 Å². The summed E-state index contributed by atoms with van der Waals surface area (Å²) >= 11 is 0. The Morgan fingerprint density at radius 3 is 2.45 bits per heavy atom. The predicted octanol–water partition coefficient (Wildman–Crippen LogP) is 4.31. The molecule has 9 aliphatic rings. The second-order valence-electron chi connectivity index (χ2n) is 21.5. The number of cyclic esters (lactones) is 2. The van der Waals surface area contributed by atoms with Crippen LogP contribution in [0.15, 0.2) is 28.9 Å². The Hall–Kier alpha value is -2.65. The zero-order chi connectivity index (χ0) is 42.2. The van der Waals surface area contributed by atoms with Crippen LogP contribution in [0.25, 0.3) is 0 Å². The Bertz CT molecular complexity index is 1920. The van der Waals surface area contributed by atoms with Gasteiger partial charge in [0.15, 0.2) is 11.9 Å². The van der Waals surface area contributed by atoms with Gasteiger partial charge in [0, 0.05) is 53.4 Å². The normalized spacial score (nSPS) is 47.2. The van der Waals surface area contributed by atoms with E-state index in [2.05, 4.69) is 43.6 Å². The number of aliphatic hydroxyl groups is 3. The van der Waals surface area contributed by atoms with E-state index in [0.29, 0.717) is 67.7 Å². The van der Waals surface area contributed by atoms with Gasteiger partial charge < -0.3 is 44.0 Å². The van der Waals surface area contributed by atoms with Crippen LogP contribution in [0.3, 0.4) is 0 Å². The summed E-state index contributed by atoms with van der Waals surface area (Å²) in [5, 5.41) is 41.3. The lowest BCUT2D eigenvalue weighted by molar-refractivity contribution is -0.264. The van der Waals surface area contributed by atoms with Crippen molar-refractivity contribution in [1.29, 1.82) is 0 Å². The van der Waals surface area contributed by atoms with Crippen LogP contribution >= 0.6 is 0 Å². The molecule has 60 heavy (non-hydrogen) atoms. The maximum atomic E-state index is 15.4. The molecule has 4 aliphatic carbocycles. The third-order valence-electron chi connectivity index (χ3n) is 18.4. The highest BCUT2D eigenvalue weighted by Crippen LogP contribution is 2.81. The van der Waals surface area contributed by atoms with Crippen LogP contribution in [-0.2, 0) is 39.8 Å². The van der Waals surface area contributed by atoms with E-state index in [1.165, 1.54) is 0 Å². The SMILES string of the molecule is CC(C)CCC1(C)OC2C3(CCCC3)C(=O)OCC23C1C(=O)C(O)C1(C)C3CCC2(C)C(c3ccoc3CC(C(O)CO)C3C=CC(C4CNCN4)CC3)OC(=O)C3OC321. The van der Waals surface area contributed by atoms with Gasteiger partial charge in [-0.25, -0.2) is 4.79 Å². The fourth-order valence-corrected chi connectivity index (χ4v) is 15.5. The van der Waals surface area contributed by atoms with E-state index in [9.17, 15) is 24.9 Å². The van der Waals surface area contributed by atoms with Gasteiger partial charge in [0.25, 0.3) is 0 Å². The highest BCUT2D eigenvalue weighted by Gasteiger charge is 2.92. The minimum Gasteiger partial charge on any atom is -0.469 e. The second kappa shape index (κ2) is 14.2. The van der Waals surface area contributed by atoms with Crippen molar-refractivity contribution in [3.8, 4) is 0 Å². The Morgan fingerprint density at radius 2 is 1.77 bits per heavy atom. The zero-order valence-corrected chi connectivity index (χ0v) is 36.0. The van der Waals surface area contributed by atoms with Crippen molar-refractivity contribution in [2.24, 2.45) is 57.2 Å². The van der Waals surface area contributed by atoms with Gasteiger partial charge in [-0.3, -0.25) is 14.9 Å². The number of ketones is 1. The molecular formula is C47H66N2O11. The van der Waals surface area contributed by atoms with Gasteiger partial charge in [0.1, 0.15) is 30.2 Å². The molecule has 16 atom stereocenters.